The summed E-state index contributed by atoms with van der Waals surface area (Å²) in [4.78, 5) is 14.5. The largest absolute Gasteiger partial charge is 0.373 e. The van der Waals surface area contributed by atoms with Gasteiger partial charge in [-0.3, -0.25) is 4.79 Å². The number of sulfonamides is 1. The van der Waals surface area contributed by atoms with E-state index in [2.05, 4.69) is 0 Å². The Labute approximate surface area is 166 Å². The molecule has 1 saturated heterocycles. The molecule has 150 valence electrons. The molecule has 1 heterocycles. The zero-order chi connectivity index (χ0) is 20.3. The Balaban J connectivity index is 1.80. The summed E-state index contributed by atoms with van der Waals surface area (Å²) in [5, 5.41) is 0. The first-order valence-corrected chi connectivity index (χ1v) is 10.8. The Morgan fingerprint density at radius 3 is 2.36 bits per heavy atom. The lowest BCUT2D eigenvalue weighted by Gasteiger charge is -2.34. The van der Waals surface area contributed by atoms with Crippen molar-refractivity contribution in [3.8, 4) is 0 Å². The molecule has 2 unspecified atom stereocenters. The summed E-state index contributed by atoms with van der Waals surface area (Å²) in [6.07, 6.45) is -0.333. The average Bonchev–Trinajstić information content (AvgIpc) is 2.67. The first-order chi connectivity index (χ1) is 13.3. The molecule has 0 radical (unpaired) electrons. The van der Waals surface area contributed by atoms with Crippen molar-refractivity contribution in [2.45, 2.75) is 37.5 Å². The van der Waals surface area contributed by atoms with Crippen molar-refractivity contribution in [3.63, 3.8) is 0 Å². The second-order valence-electron chi connectivity index (χ2n) is 7.25. The Morgan fingerprint density at radius 1 is 1.07 bits per heavy atom. The zero-order valence-corrected chi connectivity index (χ0v) is 17.2. The molecule has 7 heteroatoms. The van der Waals surface area contributed by atoms with E-state index in [1.165, 1.54) is 16.4 Å². The van der Waals surface area contributed by atoms with Gasteiger partial charge in [0.1, 0.15) is 0 Å². The van der Waals surface area contributed by atoms with Crippen LogP contribution in [0.25, 0.3) is 0 Å². The van der Waals surface area contributed by atoms with Crippen LogP contribution in [0.5, 0.6) is 0 Å². The molecular formula is C21H26N2O4S. The van der Waals surface area contributed by atoms with Crippen LogP contribution in [0.2, 0.25) is 0 Å². The second-order valence-corrected chi connectivity index (χ2v) is 9.19. The fourth-order valence-corrected chi connectivity index (χ4v) is 5.05. The molecule has 0 saturated carbocycles. The number of ether oxygens (including phenoxy) is 1. The van der Waals surface area contributed by atoms with Crippen molar-refractivity contribution < 1.29 is 17.9 Å². The molecule has 0 spiro atoms. The van der Waals surface area contributed by atoms with E-state index in [4.69, 9.17) is 4.74 Å². The van der Waals surface area contributed by atoms with E-state index in [-0.39, 0.29) is 23.0 Å². The van der Waals surface area contributed by atoms with Crippen LogP contribution < -0.4 is 0 Å². The van der Waals surface area contributed by atoms with Crippen LogP contribution in [0, 0.1) is 0 Å². The molecule has 2 atom stereocenters. The Bertz CT molecular complexity index is 920. The summed E-state index contributed by atoms with van der Waals surface area (Å²) in [5.41, 5.74) is 1.37. The van der Waals surface area contributed by atoms with Crippen LogP contribution in [0.3, 0.4) is 0 Å². The summed E-state index contributed by atoms with van der Waals surface area (Å²) in [6, 6.07) is 15.9. The molecule has 0 bridgehead atoms. The smallest absolute Gasteiger partial charge is 0.253 e. The molecular weight excluding hydrogens is 376 g/mol. The monoisotopic (exact) mass is 402 g/mol. The van der Waals surface area contributed by atoms with Crippen LogP contribution >= 0.6 is 0 Å². The van der Waals surface area contributed by atoms with Crippen molar-refractivity contribution in [3.05, 3.63) is 65.7 Å². The summed E-state index contributed by atoms with van der Waals surface area (Å²) >= 11 is 0. The molecule has 2 aromatic rings. The highest BCUT2D eigenvalue weighted by Crippen LogP contribution is 2.22. The number of nitrogens with zero attached hydrogens (tertiary/aromatic N) is 2. The quantitative estimate of drug-likeness (QED) is 0.771. The molecule has 3 rings (SSSR count). The number of morpholine rings is 1. The van der Waals surface area contributed by atoms with E-state index >= 15 is 0 Å². The molecule has 1 aliphatic rings. The molecule has 2 aromatic carbocycles. The molecule has 1 fully saturated rings. The fourth-order valence-electron chi connectivity index (χ4n) is 3.42. The van der Waals surface area contributed by atoms with Crippen molar-refractivity contribution in [2.24, 2.45) is 0 Å². The summed E-state index contributed by atoms with van der Waals surface area (Å²) in [6.45, 7) is 4.78. The molecule has 28 heavy (non-hydrogen) atoms. The van der Waals surface area contributed by atoms with E-state index < -0.39 is 10.0 Å². The third-order valence-corrected chi connectivity index (χ3v) is 6.54. The highest BCUT2D eigenvalue weighted by atomic mass is 32.2. The van der Waals surface area contributed by atoms with Crippen LogP contribution in [-0.2, 0) is 21.3 Å². The van der Waals surface area contributed by atoms with Gasteiger partial charge in [0.15, 0.2) is 0 Å². The second kappa shape index (κ2) is 8.43. The number of hydrogen-bond donors (Lipinski definition) is 0. The van der Waals surface area contributed by atoms with Gasteiger partial charge in [0.05, 0.1) is 17.1 Å². The van der Waals surface area contributed by atoms with Crippen LogP contribution in [0.1, 0.15) is 29.8 Å². The van der Waals surface area contributed by atoms with Gasteiger partial charge in [-0.15, -0.1) is 0 Å². The molecule has 0 N–H and O–H groups in total. The predicted molar refractivity (Wildman–Crippen MR) is 107 cm³/mol. The molecule has 1 aliphatic heterocycles. The van der Waals surface area contributed by atoms with Crippen molar-refractivity contribution in [1.82, 2.24) is 9.21 Å². The third-order valence-electron chi connectivity index (χ3n) is 4.71. The highest BCUT2D eigenvalue weighted by molar-refractivity contribution is 7.89. The normalized spacial score (nSPS) is 20.7. The Morgan fingerprint density at radius 2 is 1.71 bits per heavy atom. The number of hydrogen-bond acceptors (Lipinski definition) is 4. The van der Waals surface area contributed by atoms with E-state index in [1.54, 1.807) is 24.1 Å². The SMILES string of the molecule is CC1CN(S(=O)(=O)c2cccc(C(=O)N(C)Cc3ccccc3)c2)CC(C)O1. The van der Waals surface area contributed by atoms with Gasteiger partial charge in [-0.1, -0.05) is 36.4 Å². The Kier molecular flexibility index (Phi) is 6.17. The minimum absolute atomic E-state index is 0.132. The lowest BCUT2D eigenvalue weighted by molar-refractivity contribution is -0.0440. The summed E-state index contributed by atoms with van der Waals surface area (Å²) < 4.78 is 33.2. The maximum Gasteiger partial charge on any atom is 0.253 e. The van der Waals surface area contributed by atoms with Gasteiger partial charge in [0.25, 0.3) is 5.91 Å². The number of carbonyl (C=O) groups is 1. The number of benzene rings is 2. The van der Waals surface area contributed by atoms with Crippen molar-refractivity contribution in [2.75, 3.05) is 20.1 Å². The van der Waals surface area contributed by atoms with E-state index in [1.807, 2.05) is 44.2 Å². The van der Waals surface area contributed by atoms with Gasteiger partial charge in [-0.25, -0.2) is 8.42 Å². The number of rotatable bonds is 5. The highest BCUT2D eigenvalue weighted by Gasteiger charge is 2.32. The van der Waals surface area contributed by atoms with Gasteiger partial charge in [-0.2, -0.15) is 4.31 Å². The van der Waals surface area contributed by atoms with Crippen LogP contribution in [-0.4, -0.2) is 55.9 Å². The first-order valence-electron chi connectivity index (χ1n) is 9.32. The van der Waals surface area contributed by atoms with Gasteiger partial charge in [0.2, 0.25) is 10.0 Å². The van der Waals surface area contributed by atoms with Gasteiger partial charge in [-0.05, 0) is 37.6 Å². The minimum Gasteiger partial charge on any atom is -0.373 e. The summed E-state index contributed by atoms with van der Waals surface area (Å²) in [7, 11) is -1.98. The topological polar surface area (TPSA) is 66.9 Å². The Hall–Kier alpha value is -2.22. The lowest BCUT2D eigenvalue weighted by atomic mass is 10.1. The van der Waals surface area contributed by atoms with Crippen LogP contribution in [0.15, 0.2) is 59.5 Å². The first kappa shape index (κ1) is 20.5. The van der Waals surface area contributed by atoms with Crippen LogP contribution in [0.4, 0.5) is 0 Å². The maximum atomic E-state index is 13.1. The van der Waals surface area contributed by atoms with Crippen molar-refractivity contribution in [1.29, 1.82) is 0 Å². The molecule has 1 amide bonds. The number of carbonyl (C=O) groups excluding carboxylic acids is 1. The van der Waals surface area contributed by atoms with Crippen molar-refractivity contribution >= 4 is 15.9 Å². The fraction of sp³-hybridized carbons (Fsp3) is 0.381. The maximum absolute atomic E-state index is 13.1. The molecule has 6 nitrogen and oxygen atoms in total. The predicted octanol–water partition coefficient (Wildman–Crippen LogP) is 2.76. The molecule has 0 aromatic heterocycles. The van der Waals surface area contributed by atoms with E-state index in [0.717, 1.165) is 5.56 Å². The van der Waals surface area contributed by atoms with Gasteiger partial charge < -0.3 is 9.64 Å². The van der Waals surface area contributed by atoms with E-state index in [0.29, 0.717) is 25.2 Å². The summed E-state index contributed by atoms with van der Waals surface area (Å²) in [5.74, 6) is -0.218. The van der Waals surface area contributed by atoms with Gasteiger partial charge in [0, 0.05) is 32.2 Å². The third kappa shape index (κ3) is 4.60. The minimum atomic E-state index is -3.69. The standard InChI is InChI=1S/C21H26N2O4S/c1-16-13-23(14-17(2)27-16)28(25,26)20-11-7-10-19(12-20)21(24)22(3)15-18-8-5-4-6-9-18/h4-12,16-17H,13-15H2,1-3H3. The number of amides is 1. The lowest BCUT2D eigenvalue weighted by Crippen LogP contribution is -2.48. The van der Waals surface area contributed by atoms with Gasteiger partial charge >= 0.3 is 0 Å². The average molecular weight is 403 g/mol. The molecule has 0 aliphatic carbocycles. The van der Waals surface area contributed by atoms with E-state index in [9.17, 15) is 13.2 Å². The zero-order valence-electron chi connectivity index (χ0n) is 16.4.